The maximum absolute atomic E-state index is 14.0. The van der Waals surface area contributed by atoms with Crippen LogP contribution < -0.4 is 10.1 Å². The van der Waals surface area contributed by atoms with E-state index in [9.17, 15) is 14.0 Å². The molecule has 1 heterocycles. The molecular formula is C27H27BrFNO4. The number of nitrogens with one attached hydrogen (secondary N) is 1. The molecule has 34 heavy (non-hydrogen) atoms. The van der Waals surface area contributed by atoms with Crippen molar-refractivity contribution in [2.24, 2.45) is 0 Å². The van der Waals surface area contributed by atoms with Gasteiger partial charge in [0.1, 0.15) is 11.6 Å². The molecule has 1 aliphatic carbocycles. The SMILES string of the molecule is COc1ccccc1C1CC(=O)C2=C(C1)NC(C)=C(C(=O)OC(C)C)C2c1ccc(F)c(Br)c1. The summed E-state index contributed by atoms with van der Waals surface area (Å²) in [6, 6.07) is 12.3. The van der Waals surface area contributed by atoms with Gasteiger partial charge in [-0.1, -0.05) is 24.3 Å². The van der Waals surface area contributed by atoms with Crippen LogP contribution in [0.2, 0.25) is 0 Å². The topological polar surface area (TPSA) is 64.6 Å². The van der Waals surface area contributed by atoms with Crippen molar-refractivity contribution in [3.8, 4) is 5.75 Å². The second kappa shape index (κ2) is 9.74. The molecule has 4 rings (SSSR count). The first-order chi connectivity index (χ1) is 16.2. The highest BCUT2D eigenvalue weighted by Gasteiger charge is 2.42. The van der Waals surface area contributed by atoms with E-state index in [-0.39, 0.29) is 28.7 Å². The van der Waals surface area contributed by atoms with Gasteiger partial charge in [-0.05, 0) is 72.4 Å². The Balaban J connectivity index is 1.82. The molecule has 0 spiro atoms. The number of ether oxygens (including phenoxy) is 2. The van der Waals surface area contributed by atoms with E-state index < -0.39 is 17.7 Å². The first-order valence-electron chi connectivity index (χ1n) is 11.2. The van der Waals surface area contributed by atoms with E-state index in [1.54, 1.807) is 33.1 Å². The zero-order chi connectivity index (χ0) is 24.6. The van der Waals surface area contributed by atoms with Crippen LogP contribution in [-0.4, -0.2) is 25.0 Å². The molecule has 0 radical (unpaired) electrons. The Morgan fingerprint density at radius 2 is 1.91 bits per heavy atom. The van der Waals surface area contributed by atoms with E-state index in [4.69, 9.17) is 9.47 Å². The van der Waals surface area contributed by atoms with Crippen LogP contribution in [0.1, 0.15) is 56.6 Å². The summed E-state index contributed by atoms with van der Waals surface area (Å²) in [5.74, 6) is -0.926. The fourth-order valence-corrected chi connectivity index (χ4v) is 5.23. The van der Waals surface area contributed by atoms with Gasteiger partial charge in [-0.25, -0.2) is 9.18 Å². The van der Waals surface area contributed by atoms with Crippen molar-refractivity contribution in [2.75, 3.05) is 7.11 Å². The smallest absolute Gasteiger partial charge is 0.337 e. The zero-order valence-electron chi connectivity index (χ0n) is 19.6. The number of Topliss-reactive ketones (excluding diaryl/α,β-unsaturated/α-hetero) is 1. The van der Waals surface area contributed by atoms with E-state index >= 15 is 0 Å². The molecule has 1 aliphatic heterocycles. The van der Waals surface area contributed by atoms with Crippen LogP contribution in [0.4, 0.5) is 4.39 Å². The predicted octanol–water partition coefficient (Wildman–Crippen LogP) is 5.91. The summed E-state index contributed by atoms with van der Waals surface area (Å²) in [4.78, 5) is 26.8. The molecule has 1 N–H and O–H groups in total. The second-order valence-corrected chi connectivity index (χ2v) is 9.74. The highest BCUT2D eigenvalue weighted by molar-refractivity contribution is 9.10. The number of carbonyl (C=O) groups excluding carboxylic acids is 2. The molecule has 0 fully saturated rings. The lowest BCUT2D eigenvalue weighted by Gasteiger charge is -2.37. The highest BCUT2D eigenvalue weighted by Crippen LogP contribution is 2.47. The first kappa shape index (κ1) is 24.2. The third-order valence-corrected chi connectivity index (χ3v) is 6.85. The molecule has 2 aliphatic rings. The number of rotatable bonds is 5. The minimum Gasteiger partial charge on any atom is -0.496 e. The number of para-hydroxylation sites is 1. The van der Waals surface area contributed by atoms with Gasteiger partial charge in [0, 0.05) is 35.2 Å². The van der Waals surface area contributed by atoms with Crippen molar-refractivity contribution in [1.29, 1.82) is 0 Å². The summed E-state index contributed by atoms with van der Waals surface area (Å²) in [6.45, 7) is 5.37. The molecule has 0 aromatic heterocycles. The quantitative estimate of drug-likeness (QED) is 0.489. The number of ketones is 1. The van der Waals surface area contributed by atoms with Crippen molar-refractivity contribution in [3.05, 3.63) is 86.4 Å². The van der Waals surface area contributed by atoms with Crippen molar-refractivity contribution in [1.82, 2.24) is 5.32 Å². The van der Waals surface area contributed by atoms with Gasteiger partial charge in [0.25, 0.3) is 0 Å². The van der Waals surface area contributed by atoms with Crippen molar-refractivity contribution in [2.45, 2.75) is 51.6 Å². The van der Waals surface area contributed by atoms with E-state index in [0.717, 1.165) is 17.0 Å². The third-order valence-electron chi connectivity index (χ3n) is 6.25. The number of carbonyl (C=O) groups is 2. The van der Waals surface area contributed by atoms with Crippen molar-refractivity contribution >= 4 is 27.7 Å². The van der Waals surface area contributed by atoms with Crippen LogP contribution in [0.15, 0.2) is 69.5 Å². The number of benzene rings is 2. The Kier molecular flexibility index (Phi) is 6.94. The van der Waals surface area contributed by atoms with Crippen LogP contribution in [0.5, 0.6) is 5.75 Å². The van der Waals surface area contributed by atoms with Gasteiger partial charge >= 0.3 is 5.97 Å². The molecule has 0 amide bonds. The summed E-state index contributed by atoms with van der Waals surface area (Å²) in [5, 5.41) is 3.33. The molecule has 0 bridgehead atoms. The predicted molar refractivity (Wildman–Crippen MR) is 131 cm³/mol. The number of dihydropyridines is 1. The number of hydrogen-bond donors (Lipinski definition) is 1. The van der Waals surface area contributed by atoms with Gasteiger partial charge in [0.15, 0.2) is 5.78 Å². The maximum atomic E-state index is 14.0. The van der Waals surface area contributed by atoms with E-state index in [2.05, 4.69) is 21.2 Å². The lowest BCUT2D eigenvalue weighted by atomic mass is 9.71. The Bertz CT molecular complexity index is 1220. The van der Waals surface area contributed by atoms with Gasteiger partial charge in [0.05, 0.1) is 23.3 Å². The minimum atomic E-state index is -0.648. The Labute approximate surface area is 207 Å². The fraction of sp³-hybridized carbons (Fsp3) is 0.333. The highest BCUT2D eigenvalue weighted by atomic mass is 79.9. The monoisotopic (exact) mass is 527 g/mol. The maximum Gasteiger partial charge on any atom is 0.337 e. The molecular weight excluding hydrogens is 501 g/mol. The molecule has 7 heteroatoms. The van der Waals surface area contributed by atoms with Gasteiger partial charge in [-0.15, -0.1) is 0 Å². The zero-order valence-corrected chi connectivity index (χ0v) is 21.2. The average Bonchev–Trinajstić information content (AvgIpc) is 2.79. The minimum absolute atomic E-state index is 0.0579. The molecule has 178 valence electrons. The molecule has 2 atom stereocenters. The Hall–Kier alpha value is -2.93. The molecule has 0 saturated heterocycles. The molecule has 5 nitrogen and oxygen atoms in total. The fourth-order valence-electron chi connectivity index (χ4n) is 4.84. The molecule has 2 aromatic carbocycles. The normalized spacial score (nSPS) is 20.3. The third kappa shape index (κ3) is 4.53. The summed E-state index contributed by atoms with van der Waals surface area (Å²) in [5.41, 5.74) is 3.93. The van der Waals surface area contributed by atoms with Crippen LogP contribution in [0.25, 0.3) is 0 Å². The lowest BCUT2D eigenvalue weighted by Crippen LogP contribution is -2.36. The summed E-state index contributed by atoms with van der Waals surface area (Å²) >= 11 is 3.25. The Morgan fingerprint density at radius 3 is 2.59 bits per heavy atom. The summed E-state index contributed by atoms with van der Waals surface area (Å²) in [6.07, 6.45) is 0.552. The van der Waals surface area contributed by atoms with Gasteiger partial charge in [0.2, 0.25) is 0 Å². The second-order valence-electron chi connectivity index (χ2n) is 8.89. The standard InChI is InChI=1S/C27H27BrFNO4/c1-14(2)34-27(32)24-15(3)30-21-12-17(18-7-5-6-8-23(18)33-4)13-22(31)26(21)25(24)16-9-10-20(29)19(28)11-16/h5-11,14,17,25,30H,12-13H2,1-4H3. The molecule has 2 unspecified atom stereocenters. The van der Waals surface area contributed by atoms with Crippen LogP contribution in [0.3, 0.4) is 0 Å². The van der Waals surface area contributed by atoms with Crippen LogP contribution in [0, 0.1) is 5.82 Å². The lowest BCUT2D eigenvalue weighted by molar-refractivity contribution is -0.143. The Morgan fingerprint density at radius 1 is 1.18 bits per heavy atom. The number of esters is 1. The van der Waals surface area contributed by atoms with Gasteiger partial charge in [-0.2, -0.15) is 0 Å². The number of halogens is 2. The van der Waals surface area contributed by atoms with E-state index in [1.807, 2.05) is 31.2 Å². The first-order valence-corrected chi connectivity index (χ1v) is 12.0. The molecule has 0 saturated carbocycles. The van der Waals surface area contributed by atoms with E-state index in [0.29, 0.717) is 28.8 Å². The molecule has 2 aromatic rings. The number of allylic oxidation sites excluding steroid dienone is 3. The average molecular weight is 528 g/mol. The van der Waals surface area contributed by atoms with Crippen molar-refractivity contribution in [3.63, 3.8) is 0 Å². The number of hydrogen-bond acceptors (Lipinski definition) is 5. The van der Waals surface area contributed by atoms with Crippen LogP contribution >= 0.6 is 15.9 Å². The van der Waals surface area contributed by atoms with Crippen molar-refractivity contribution < 1.29 is 23.5 Å². The summed E-state index contributed by atoms with van der Waals surface area (Å²) in [7, 11) is 1.62. The summed E-state index contributed by atoms with van der Waals surface area (Å²) < 4.78 is 25.4. The van der Waals surface area contributed by atoms with E-state index in [1.165, 1.54) is 6.07 Å². The van der Waals surface area contributed by atoms with Crippen LogP contribution in [-0.2, 0) is 14.3 Å². The number of methoxy groups -OCH3 is 1. The largest absolute Gasteiger partial charge is 0.496 e. The van der Waals surface area contributed by atoms with Gasteiger partial charge < -0.3 is 14.8 Å². The van der Waals surface area contributed by atoms with Gasteiger partial charge in [-0.3, -0.25) is 4.79 Å².